The molecule has 0 bridgehead atoms. The lowest BCUT2D eigenvalue weighted by atomic mass is 10.0. The minimum atomic E-state index is 0.282. The summed E-state index contributed by atoms with van der Waals surface area (Å²) >= 11 is 0. The van der Waals surface area contributed by atoms with E-state index in [0.717, 1.165) is 32.1 Å². The molecule has 1 fully saturated rings. The van der Waals surface area contributed by atoms with Crippen LogP contribution in [0, 0.1) is 0 Å². The molecule has 1 aliphatic heterocycles. The van der Waals surface area contributed by atoms with Gasteiger partial charge < -0.3 is 15.2 Å². The van der Waals surface area contributed by atoms with Crippen LogP contribution in [0.2, 0.25) is 0 Å². The number of rotatable bonds is 4. The molecule has 1 aromatic rings. The fourth-order valence-corrected chi connectivity index (χ4v) is 2.21. The van der Waals surface area contributed by atoms with E-state index in [4.69, 9.17) is 15.2 Å². The van der Waals surface area contributed by atoms with Crippen molar-refractivity contribution in [2.24, 2.45) is 5.73 Å². The zero-order valence-electron chi connectivity index (χ0n) is 10.3. The lowest BCUT2D eigenvalue weighted by molar-refractivity contribution is 0.0179. The number of hydrogen-bond donors (Lipinski definition) is 1. The van der Waals surface area contributed by atoms with E-state index >= 15 is 0 Å². The van der Waals surface area contributed by atoms with Crippen molar-refractivity contribution in [2.75, 3.05) is 40.0 Å². The summed E-state index contributed by atoms with van der Waals surface area (Å²) in [7, 11) is 1.68. The van der Waals surface area contributed by atoms with Crippen molar-refractivity contribution in [3.63, 3.8) is 0 Å². The third kappa shape index (κ3) is 2.97. The predicted molar refractivity (Wildman–Crippen MR) is 67.2 cm³/mol. The summed E-state index contributed by atoms with van der Waals surface area (Å²) in [6.07, 6.45) is 0. The molecular formula is C13H20N2O2. The summed E-state index contributed by atoms with van der Waals surface area (Å²) in [5.74, 6) is 0.881. The minimum Gasteiger partial charge on any atom is -0.497 e. The van der Waals surface area contributed by atoms with Gasteiger partial charge in [0.25, 0.3) is 0 Å². The Balaban J connectivity index is 2.10. The van der Waals surface area contributed by atoms with Gasteiger partial charge in [0.1, 0.15) is 5.75 Å². The van der Waals surface area contributed by atoms with Crippen molar-refractivity contribution in [2.45, 2.75) is 6.04 Å². The van der Waals surface area contributed by atoms with Gasteiger partial charge in [0.15, 0.2) is 0 Å². The Kier molecular flexibility index (Phi) is 4.36. The van der Waals surface area contributed by atoms with E-state index in [1.54, 1.807) is 7.11 Å². The summed E-state index contributed by atoms with van der Waals surface area (Å²) < 4.78 is 10.5. The average Bonchev–Trinajstić information content (AvgIpc) is 2.42. The molecule has 0 aliphatic carbocycles. The zero-order valence-corrected chi connectivity index (χ0v) is 10.3. The molecule has 2 rings (SSSR count). The van der Waals surface area contributed by atoms with Crippen molar-refractivity contribution in [1.82, 2.24) is 4.90 Å². The van der Waals surface area contributed by atoms with Crippen molar-refractivity contribution in [1.29, 1.82) is 0 Å². The van der Waals surface area contributed by atoms with Gasteiger partial charge in [0.2, 0.25) is 0 Å². The molecule has 1 heterocycles. The van der Waals surface area contributed by atoms with E-state index in [0.29, 0.717) is 6.54 Å². The molecule has 1 aliphatic rings. The molecule has 4 nitrogen and oxygen atoms in total. The van der Waals surface area contributed by atoms with Gasteiger partial charge in [-0.05, 0) is 17.7 Å². The van der Waals surface area contributed by atoms with Crippen LogP contribution in [0.15, 0.2) is 24.3 Å². The number of nitrogens with zero attached hydrogens (tertiary/aromatic N) is 1. The molecule has 0 radical (unpaired) electrons. The first-order valence-corrected chi connectivity index (χ1v) is 6.01. The average molecular weight is 236 g/mol. The molecule has 1 saturated heterocycles. The second kappa shape index (κ2) is 6.00. The molecule has 0 amide bonds. The lowest BCUT2D eigenvalue weighted by Crippen LogP contribution is -2.41. The Morgan fingerprint density at radius 2 is 1.94 bits per heavy atom. The largest absolute Gasteiger partial charge is 0.497 e. The highest BCUT2D eigenvalue weighted by Gasteiger charge is 2.21. The molecular weight excluding hydrogens is 216 g/mol. The van der Waals surface area contributed by atoms with Gasteiger partial charge in [-0.1, -0.05) is 12.1 Å². The van der Waals surface area contributed by atoms with Crippen LogP contribution in [-0.4, -0.2) is 44.9 Å². The van der Waals surface area contributed by atoms with Crippen LogP contribution < -0.4 is 10.5 Å². The van der Waals surface area contributed by atoms with Crippen LogP contribution in [0.3, 0.4) is 0 Å². The topological polar surface area (TPSA) is 47.7 Å². The molecule has 4 heteroatoms. The minimum absolute atomic E-state index is 0.282. The lowest BCUT2D eigenvalue weighted by Gasteiger charge is -2.34. The third-order valence-electron chi connectivity index (χ3n) is 3.21. The first-order chi connectivity index (χ1) is 8.35. The van der Waals surface area contributed by atoms with Gasteiger partial charge in [0, 0.05) is 25.7 Å². The summed E-state index contributed by atoms with van der Waals surface area (Å²) in [5, 5.41) is 0. The molecule has 0 aromatic heterocycles. The smallest absolute Gasteiger partial charge is 0.118 e. The highest BCUT2D eigenvalue weighted by atomic mass is 16.5. The monoisotopic (exact) mass is 236 g/mol. The molecule has 94 valence electrons. The van der Waals surface area contributed by atoms with Gasteiger partial charge >= 0.3 is 0 Å². The highest BCUT2D eigenvalue weighted by molar-refractivity contribution is 5.29. The van der Waals surface area contributed by atoms with Crippen molar-refractivity contribution in [3.05, 3.63) is 29.8 Å². The maximum absolute atomic E-state index is 5.89. The fourth-order valence-electron chi connectivity index (χ4n) is 2.21. The number of benzene rings is 1. The van der Waals surface area contributed by atoms with Gasteiger partial charge in [-0.3, -0.25) is 4.90 Å². The second-order valence-electron chi connectivity index (χ2n) is 4.17. The molecule has 0 saturated carbocycles. The first kappa shape index (κ1) is 12.4. The Hall–Kier alpha value is -1.10. The molecule has 1 atom stereocenters. The summed E-state index contributed by atoms with van der Waals surface area (Å²) in [6.45, 7) is 4.13. The maximum Gasteiger partial charge on any atom is 0.118 e. The standard InChI is InChI=1S/C13H20N2O2/c1-16-12-4-2-11(3-5-12)13(10-14)15-6-8-17-9-7-15/h2-5,13H,6-10,14H2,1H3. The van der Waals surface area contributed by atoms with E-state index in [1.165, 1.54) is 5.56 Å². The molecule has 2 N–H and O–H groups in total. The zero-order chi connectivity index (χ0) is 12.1. The van der Waals surface area contributed by atoms with Crippen LogP contribution in [0.1, 0.15) is 11.6 Å². The SMILES string of the molecule is COc1ccc(C(CN)N2CCOCC2)cc1. The molecule has 0 spiro atoms. The summed E-state index contributed by atoms with van der Waals surface area (Å²) in [4.78, 5) is 2.38. The molecule has 17 heavy (non-hydrogen) atoms. The predicted octanol–water partition coefficient (Wildman–Crippen LogP) is 1.03. The van der Waals surface area contributed by atoms with Crippen LogP contribution >= 0.6 is 0 Å². The number of ether oxygens (including phenoxy) is 2. The normalized spacial score (nSPS) is 18.9. The first-order valence-electron chi connectivity index (χ1n) is 6.01. The third-order valence-corrected chi connectivity index (χ3v) is 3.21. The van der Waals surface area contributed by atoms with E-state index in [2.05, 4.69) is 17.0 Å². The van der Waals surface area contributed by atoms with Crippen LogP contribution in [0.25, 0.3) is 0 Å². The Morgan fingerprint density at radius 3 is 2.47 bits per heavy atom. The number of methoxy groups -OCH3 is 1. The Morgan fingerprint density at radius 1 is 1.29 bits per heavy atom. The number of hydrogen-bond acceptors (Lipinski definition) is 4. The number of nitrogens with two attached hydrogens (primary N) is 1. The summed E-state index contributed by atoms with van der Waals surface area (Å²) in [5.41, 5.74) is 7.14. The van der Waals surface area contributed by atoms with E-state index in [1.807, 2.05) is 12.1 Å². The quantitative estimate of drug-likeness (QED) is 0.848. The molecule has 1 unspecified atom stereocenters. The highest BCUT2D eigenvalue weighted by Crippen LogP contribution is 2.22. The molecule has 1 aromatic carbocycles. The van der Waals surface area contributed by atoms with Gasteiger partial charge in [-0.25, -0.2) is 0 Å². The summed E-state index contributed by atoms with van der Waals surface area (Å²) in [6, 6.07) is 8.43. The van der Waals surface area contributed by atoms with Crippen LogP contribution in [0.5, 0.6) is 5.75 Å². The van der Waals surface area contributed by atoms with Gasteiger partial charge in [-0.2, -0.15) is 0 Å². The van der Waals surface area contributed by atoms with E-state index in [-0.39, 0.29) is 6.04 Å². The van der Waals surface area contributed by atoms with Crippen molar-refractivity contribution < 1.29 is 9.47 Å². The Labute approximate surface area is 102 Å². The number of morpholine rings is 1. The van der Waals surface area contributed by atoms with Crippen molar-refractivity contribution >= 4 is 0 Å². The van der Waals surface area contributed by atoms with Crippen molar-refractivity contribution in [3.8, 4) is 5.75 Å². The fraction of sp³-hybridized carbons (Fsp3) is 0.538. The van der Waals surface area contributed by atoms with Gasteiger partial charge in [-0.15, -0.1) is 0 Å². The van der Waals surface area contributed by atoms with E-state index < -0.39 is 0 Å². The van der Waals surface area contributed by atoms with E-state index in [9.17, 15) is 0 Å². The maximum atomic E-state index is 5.89. The van der Waals surface area contributed by atoms with Gasteiger partial charge in [0.05, 0.1) is 20.3 Å². The Bertz CT molecular complexity index is 334. The second-order valence-corrected chi connectivity index (χ2v) is 4.17. The van der Waals surface area contributed by atoms with Crippen LogP contribution in [-0.2, 0) is 4.74 Å². The van der Waals surface area contributed by atoms with Crippen LogP contribution in [0.4, 0.5) is 0 Å².